The van der Waals surface area contributed by atoms with Gasteiger partial charge in [0.1, 0.15) is 0 Å². The lowest BCUT2D eigenvalue weighted by atomic mass is 10.1. The molecule has 0 fully saturated rings. The SMILES string of the molecule is COc1ncc(C(F)(F)F)c(C(F)F)c1Br. The van der Waals surface area contributed by atoms with E-state index in [1.165, 1.54) is 0 Å². The van der Waals surface area contributed by atoms with Gasteiger partial charge < -0.3 is 4.74 Å². The molecule has 0 bridgehead atoms. The van der Waals surface area contributed by atoms with Gasteiger partial charge in [-0.15, -0.1) is 0 Å². The van der Waals surface area contributed by atoms with Gasteiger partial charge >= 0.3 is 6.18 Å². The highest BCUT2D eigenvalue weighted by Gasteiger charge is 2.38. The lowest BCUT2D eigenvalue weighted by Crippen LogP contribution is -2.11. The van der Waals surface area contributed by atoms with E-state index in [-0.39, 0.29) is 5.88 Å². The standard InChI is InChI=1S/C8H5BrF5NO/c1-16-7-5(9)4(6(10)11)3(2-15-7)8(12,13)14/h2,6H,1H3. The number of hydrogen-bond acceptors (Lipinski definition) is 2. The first-order valence-corrected chi connectivity index (χ1v) is 4.66. The fraction of sp³-hybridized carbons (Fsp3) is 0.375. The molecule has 1 aromatic heterocycles. The van der Waals surface area contributed by atoms with Crippen LogP contribution >= 0.6 is 15.9 Å². The molecule has 0 aliphatic rings. The largest absolute Gasteiger partial charge is 0.480 e. The summed E-state index contributed by atoms with van der Waals surface area (Å²) in [6.45, 7) is 0. The predicted molar refractivity (Wildman–Crippen MR) is 48.4 cm³/mol. The van der Waals surface area contributed by atoms with Gasteiger partial charge in [-0.05, 0) is 15.9 Å². The van der Waals surface area contributed by atoms with Crippen LogP contribution in [0.1, 0.15) is 17.6 Å². The molecular weight excluding hydrogens is 301 g/mol. The summed E-state index contributed by atoms with van der Waals surface area (Å²) >= 11 is 2.62. The van der Waals surface area contributed by atoms with E-state index in [4.69, 9.17) is 0 Å². The van der Waals surface area contributed by atoms with Gasteiger partial charge in [-0.25, -0.2) is 13.8 Å². The van der Waals surface area contributed by atoms with E-state index in [2.05, 4.69) is 25.7 Å². The van der Waals surface area contributed by atoms with Crippen molar-refractivity contribution in [3.63, 3.8) is 0 Å². The van der Waals surface area contributed by atoms with Gasteiger partial charge in [0.15, 0.2) is 0 Å². The van der Waals surface area contributed by atoms with Gasteiger partial charge in [0.25, 0.3) is 6.43 Å². The van der Waals surface area contributed by atoms with Crippen LogP contribution in [0.4, 0.5) is 22.0 Å². The minimum Gasteiger partial charge on any atom is -0.480 e. The van der Waals surface area contributed by atoms with Gasteiger partial charge in [-0.3, -0.25) is 0 Å². The van der Waals surface area contributed by atoms with Gasteiger partial charge in [-0.2, -0.15) is 13.2 Å². The van der Waals surface area contributed by atoms with Crippen LogP contribution in [-0.2, 0) is 6.18 Å². The molecule has 90 valence electrons. The van der Waals surface area contributed by atoms with Crippen molar-refractivity contribution >= 4 is 15.9 Å². The molecule has 0 saturated carbocycles. The van der Waals surface area contributed by atoms with E-state index >= 15 is 0 Å². The molecule has 0 amide bonds. The molecule has 1 rings (SSSR count). The number of hydrogen-bond donors (Lipinski definition) is 0. The monoisotopic (exact) mass is 305 g/mol. The van der Waals surface area contributed by atoms with Crippen LogP contribution in [0.15, 0.2) is 10.7 Å². The van der Waals surface area contributed by atoms with Crippen LogP contribution in [0.2, 0.25) is 0 Å². The molecule has 0 spiro atoms. The summed E-state index contributed by atoms with van der Waals surface area (Å²) in [4.78, 5) is 3.28. The van der Waals surface area contributed by atoms with Crippen molar-refractivity contribution in [1.82, 2.24) is 4.98 Å². The predicted octanol–water partition coefficient (Wildman–Crippen LogP) is 3.81. The second kappa shape index (κ2) is 4.52. The van der Waals surface area contributed by atoms with Crippen LogP contribution in [0, 0.1) is 0 Å². The lowest BCUT2D eigenvalue weighted by molar-refractivity contribution is -0.139. The Balaban J connectivity index is 3.47. The summed E-state index contributed by atoms with van der Waals surface area (Å²) in [6, 6.07) is 0. The van der Waals surface area contributed by atoms with Gasteiger partial charge in [0.05, 0.1) is 22.7 Å². The summed E-state index contributed by atoms with van der Waals surface area (Å²) < 4.78 is 66.3. The molecule has 0 aliphatic heterocycles. The highest BCUT2D eigenvalue weighted by atomic mass is 79.9. The highest BCUT2D eigenvalue weighted by molar-refractivity contribution is 9.10. The van der Waals surface area contributed by atoms with Crippen molar-refractivity contribution in [3.05, 3.63) is 21.8 Å². The van der Waals surface area contributed by atoms with Crippen LogP contribution in [-0.4, -0.2) is 12.1 Å². The normalized spacial score (nSPS) is 12.0. The lowest BCUT2D eigenvalue weighted by Gasteiger charge is -2.14. The number of rotatable bonds is 2. The summed E-state index contributed by atoms with van der Waals surface area (Å²) in [5.41, 5.74) is -2.64. The minimum atomic E-state index is -4.88. The number of methoxy groups -OCH3 is 1. The summed E-state index contributed by atoms with van der Waals surface area (Å²) in [5, 5.41) is 0. The third kappa shape index (κ3) is 2.42. The number of halogens is 6. The van der Waals surface area contributed by atoms with Crippen molar-refractivity contribution < 1.29 is 26.7 Å². The summed E-state index contributed by atoms with van der Waals surface area (Å²) in [6.07, 6.45) is -7.83. The van der Waals surface area contributed by atoms with E-state index in [0.29, 0.717) is 6.20 Å². The van der Waals surface area contributed by atoms with E-state index < -0.39 is 28.2 Å². The maximum Gasteiger partial charge on any atom is 0.418 e. The third-order valence-electron chi connectivity index (χ3n) is 1.74. The Morgan fingerprint density at radius 2 is 1.94 bits per heavy atom. The average Bonchev–Trinajstić information content (AvgIpc) is 2.15. The van der Waals surface area contributed by atoms with Crippen molar-refractivity contribution in [2.75, 3.05) is 7.11 Å². The molecule has 1 aromatic rings. The van der Waals surface area contributed by atoms with Crippen LogP contribution < -0.4 is 4.74 Å². The van der Waals surface area contributed by atoms with Crippen molar-refractivity contribution in [1.29, 1.82) is 0 Å². The van der Waals surface area contributed by atoms with E-state index in [1.807, 2.05) is 0 Å². The second-order valence-electron chi connectivity index (χ2n) is 2.71. The molecule has 2 nitrogen and oxygen atoms in total. The smallest absolute Gasteiger partial charge is 0.418 e. The molecule has 16 heavy (non-hydrogen) atoms. The van der Waals surface area contributed by atoms with Crippen LogP contribution in [0.3, 0.4) is 0 Å². The molecule has 0 N–H and O–H groups in total. The molecule has 0 unspecified atom stereocenters. The number of ether oxygens (including phenoxy) is 1. The molecule has 0 aromatic carbocycles. The first-order valence-electron chi connectivity index (χ1n) is 3.86. The number of nitrogens with zero attached hydrogens (tertiary/aromatic N) is 1. The van der Waals surface area contributed by atoms with E-state index in [9.17, 15) is 22.0 Å². The Bertz CT molecular complexity index is 393. The second-order valence-corrected chi connectivity index (χ2v) is 3.50. The third-order valence-corrected chi connectivity index (χ3v) is 2.51. The van der Waals surface area contributed by atoms with Gasteiger partial charge in [0, 0.05) is 6.20 Å². The molecule has 8 heteroatoms. The average molecular weight is 306 g/mol. The molecule has 0 saturated heterocycles. The van der Waals surface area contributed by atoms with Crippen molar-refractivity contribution in [2.45, 2.75) is 12.6 Å². The van der Waals surface area contributed by atoms with Crippen molar-refractivity contribution in [2.24, 2.45) is 0 Å². The molecule has 1 heterocycles. The summed E-state index contributed by atoms with van der Waals surface area (Å²) in [5.74, 6) is -0.316. The zero-order valence-corrected chi connectivity index (χ0v) is 9.36. The zero-order chi connectivity index (χ0) is 12.5. The minimum absolute atomic E-state index is 0.316. The topological polar surface area (TPSA) is 22.1 Å². The Morgan fingerprint density at radius 1 is 1.38 bits per heavy atom. The van der Waals surface area contributed by atoms with Gasteiger partial charge in [0.2, 0.25) is 5.88 Å². The van der Waals surface area contributed by atoms with Gasteiger partial charge in [-0.1, -0.05) is 0 Å². The maximum absolute atomic E-state index is 12.5. The molecule has 0 radical (unpaired) electrons. The molecule has 0 aliphatic carbocycles. The zero-order valence-electron chi connectivity index (χ0n) is 7.78. The van der Waals surface area contributed by atoms with Crippen molar-refractivity contribution in [3.8, 4) is 5.88 Å². The first-order chi connectivity index (χ1) is 7.29. The maximum atomic E-state index is 12.5. The van der Waals surface area contributed by atoms with Crippen LogP contribution in [0.5, 0.6) is 5.88 Å². The quantitative estimate of drug-likeness (QED) is 0.775. The number of alkyl halides is 5. The Labute approximate surface area is 95.6 Å². The first kappa shape index (κ1) is 13.1. The Kier molecular flexibility index (Phi) is 3.72. The molecule has 0 atom stereocenters. The fourth-order valence-corrected chi connectivity index (χ4v) is 1.72. The van der Waals surface area contributed by atoms with Crippen LogP contribution in [0.25, 0.3) is 0 Å². The Morgan fingerprint density at radius 3 is 2.31 bits per heavy atom. The fourth-order valence-electron chi connectivity index (χ4n) is 1.06. The highest BCUT2D eigenvalue weighted by Crippen LogP contribution is 2.42. The number of aromatic nitrogens is 1. The van der Waals surface area contributed by atoms with E-state index in [1.54, 1.807) is 0 Å². The number of pyridine rings is 1. The Hall–Kier alpha value is -0.920. The molecular formula is C8H5BrF5NO. The van der Waals surface area contributed by atoms with E-state index in [0.717, 1.165) is 7.11 Å². The summed E-state index contributed by atoms with van der Waals surface area (Å²) in [7, 11) is 1.12.